The minimum absolute atomic E-state index is 0.485. The molecule has 0 fully saturated rings. The van der Waals surface area contributed by atoms with Gasteiger partial charge in [0.2, 0.25) is 0 Å². The molecule has 0 amide bonds. The molecule has 0 saturated heterocycles. The molecule has 1 aromatic rings. The third-order valence-electron chi connectivity index (χ3n) is 2.76. The van der Waals surface area contributed by atoms with Crippen molar-refractivity contribution in [3.63, 3.8) is 0 Å². The number of hydrogen-bond acceptors (Lipinski definition) is 3. The number of nitriles is 1. The Hall–Kier alpha value is -1.56. The van der Waals surface area contributed by atoms with Crippen LogP contribution in [-0.4, -0.2) is 11.5 Å². The van der Waals surface area contributed by atoms with E-state index in [4.69, 9.17) is 5.26 Å². The fourth-order valence-corrected chi connectivity index (χ4v) is 1.77. The summed E-state index contributed by atoms with van der Waals surface area (Å²) >= 11 is 0. The summed E-state index contributed by atoms with van der Waals surface area (Å²) in [7, 11) is 0. The highest BCUT2D eigenvalue weighted by atomic mass is 14.9. The third kappa shape index (κ3) is 5.35. The summed E-state index contributed by atoms with van der Waals surface area (Å²) in [6.07, 6.45) is 9.35. The van der Waals surface area contributed by atoms with Crippen LogP contribution in [0, 0.1) is 11.3 Å². The predicted octanol–water partition coefficient (Wildman–Crippen LogP) is 3.73. The average Bonchev–Trinajstić information content (AvgIpc) is 2.38. The first-order valence-corrected chi connectivity index (χ1v) is 6.47. The van der Waals surface area contributed by atoms with E-state index in [1.807, 2.05) is 12.1 Å². The van der Waals surface area contributed by atoms with Crippen molar-refractivity contribution >= 4 is 5.69 Å². The van der Waals surface area contributed by atoms with Gasteiger partial charge in [-0.05, 0) is 18.6 Å². The number of aromatic nitrogens is 1. The Morgan fingerprint density at radius 2 is 2.00 bits per heavy atom. The fraction of sp³-hybridized carbons (Fsp3) is 0.571. The normalized spacial score (nSPS) is 9.88. The maximum Gasteiger partial charge on any atom is 0.163 e. The van der Waals surface area contributed by atoms with Gasteiger partial charge in [0.1, 0.15) is 6.07 Å². The fourth-order valence-electron chi connectivity index (χ4n) is 1.77. The molecule has 1 aromatic heterocycles. The molecule has 0 aliphatic rings. The van der Waals surface area contributed by atoms with Crippen LogP contribution in [0.1, 0.15) is 51.1 Å². The molecule has 0 aromatic carbocycles. The summed E-state index contributed by atoms with van der Waals surface area (Å²) in [5, 5.41) is 12.1. The minimum atomic E-state index is 0.485. The van der Waals surface area contributed by atoms with E-state index in [0.29, 0.717) is 5.69 Å². The Morgan fingerprint density at radius 3 is 2.76 bits per heavy atom. The predicted molar refractivity (Wildman–Crippen MR) is 70.8 cm³/mol. The number of rotatable bonds is 8. The molecule has 3 heteroatoms. The van der Waals surface area contributed by atoms with Crippen molar-refractivity contribution in [1.82, 2.24) is 4.98 Å². The summed E-state index contributed by atoms with van der Waals surface area (Å²) in [5.74, 6) is 0. The van der Waals surface area contributed by atoms with E-state index in [1.54, 1.807) is 6.20 Å². The molecule has 0 bridgehead atoms. The van der Waals surface area contributed by atoms with Gasteiger partial charge in [-0.25, -0.2) is 4.98 Å². The second-order valence-corrected chi connectivity index (χ2v) is 4.21. The lowest BCUT2D eigenvalue weighted by atomic mass is 10.1. The molecule has 1 rings (SSSR count). The van der Waals surface area contributed by atoms with Gasteiger partial charge in [0.05, 0.1) is 5.69 Å². The van der Waals surface area contributed by atoms with Gasteiger partial charge in [-0.2, -0.15) is 5.26 Å². The molecule has 1 N–H and O–H groups in total. The molecule has 3 nitrogen and oxygen atoms in total. The van der Waals surface area contributed by atoms with Gasteiger partial charge in [0.15, 0.2) is 5.69 Å². The topological polar surface area (TPSA) is 48.7 Å². The lowest BCUT2D eigenvalue weighted by molar-refractivity contribution is 0.617. The Labute approximate surface area is 104 Å². The zero-order valence-electron chi connectivity index (χ0n) is 10.6. The molecule has 0 spiro atoms. The van der Waals surface area contributed by atoms with E-state index < -0.39 is 0 Å². The smallest absolute Gasteiger partial charge is 0.163 e. The molecule has 0 saturated carbocycles. The molecule has 0 aliphatic carbocycles. The lowest BCUT2D eigenvalue weighted by Gasteiger charge is -2.06. The number of pyridine rings is 1. The summed E-state index contributed by atoms with van der Waals surface area (Å²) in [6.45, 7) is 3.15. The maximum absolute atomic E-state index is 8.87. The SMILES string of the molecule is CCCCCCCCNc1cccnc1C#N. The highest BCUT2D eigenvalue weighted by molar-refractivity contribution is 5.53. The number of unbranched alkanes of at least 4 members (excludes halogenated alkanes) is 5. The van der Waals surface area contributed by atoms with Crippen LogP contribution in [0.4, 0.5) is 5.69 Å². The molecular formula is C14H21N3. The van der Waals surface area contributed by atoms with Crippen LogP contribution in [0.25, 0.3) is 0 Å². The molecule has 0 atom stereocenters. The van der Waals surface area contributed by atoms with Crippen LogP contribution in [-0.2, 0) is 0 Å². The Bertz CT molecular complexity index is 355. The number of nitrogens with zero attached hydrogens (tertiary/aromatic N) is 2. The number of hydrogen-bond donors (Lipinski definition) is 1. The van der Waals surface area contributed by atoms with Gasteiger partial charge in [-0.15, -0.1) is 0 Å². The second kappa shape index (κ2) is 8.58. The largest absolute Gasteiger partial charge is 0.383 e. The van der Waals surface area contributed by atoms with Crippen LogP contribution in [0.2, 0.25) is 0 Å². The summed E-state index contributed by atoms with van der Waals surface area (Å²) in [4.78, 5) is 4.01. The van der Waals surface area contributed by atoms with Crippen LogP contribution < -0.4 is 5.32 Å². The number of nitrogens with one attached hydrogen (secondary N) is 1. The molecule has 0 unspecified atom stereocenters. The monoisotopic (exact) mass is 231 g/mol. The third-order valence-corrected chi connectivity index (χ3v) is 2.76. The van der Waals surface area contributed by atoms with Gasteiger partial charge >= 0.3 is 0 Å². The first-order valence-electron chi connectivity index (χ1n) is 6.47. The van der Waals surface area contributed by atoms with Gasteiger partial charge in [-0.1, -0.05) is 39.0 Å². The van der Waals surface area contributed by atoms with Crippen molar-refractivity contribution in [2.45, 2.75) is 45.4 Å². The van der Waals surface area contributed by atoms with Crippen molar-refractivity contribution in [2.24, 2.45) is 0 Å². The molecule has 0 radical (unpaired) electrons. The standard InChI is InChI=1S/C14H21N3/c1-2-3-4-5-6-7-10-16-13-9-8-11-17-14(13)12-15/h8-9,11,16H,2-7,10H2,1H3. The van der Waals surface area contributed by atoms with E-state index in [-0.39, 0.29) is 0 Å². The Balaban J connectivity index is 2.16. The maximum atomic E-state index is 8.87. The van der Waals surface area contributed by atoms with E-state index in [0.717, 1.165) is 18.7 Å². The zero-order valence-corrected chi connectivity index (χ0v) is 10.6. The van der Waals surface area contributed by atoms with E-state index in [2.05, 4.69) is 23.3 Å². The summed E-state index contributed by atoms with van der Waals surface area (Å²) in [6, 6.07) is 5.85. The summed E-state index contributed by atoms with van der Waals surface area (Å²) < 4.78 is 0. The van der Waals surface area contributed by atoms with Crippen molar-refractivity contribution < 1.29 is 0 Å². The van der Waals surface area contributed by atoms with Crippen LogP contribution in [0.5, 0.6) is 0 Å². The first kappa shape index (κ1) is 13.5. The zero-order chi connectivity index (χ0) is 12.3. The van der Waals surface area contributed by atoms with Gasteiger partial charge < -0.3 is 5.32 Å². The van der Waals surface area contributed by atoms with Crippen LogP contribution >= 0.6 is 0 Å². The van der Waals surface area contributed by atoms with Crippen molar-refractivity contribution in [3.8, 4) is 6.07 Å². The minimum Gasteiger partial charge on any atom is -0.383 e. The number of anilines is 1. The van der Waals surface area contributed by atoms with E-state index in [1.165, 1.54) is 32.1 Å². The van der Waals surface area contributed by atoms with Crippen molar-refractivity contribution in [2.75, 3.05) is 11.9 Å². The quantitative estimate of drug-likeness (QED) is 0.693. The lowest BCUT2D eigenvalue weighted by Crippen LogP contribution is -2.03. The van der Waals surface area contributed by atoms with Gasteiger partial charge in [-0.3, -0.25) is 0 Å². The van der Waals surface area contributed by atoms with E-state index >= 15 is 0 Å². The van der Waals surface area contributed by atoms with E-state index in [9.17, 15) is 0 Å². The highest BCUT2D eigenvalue weighted by Crippen LogP contribution is 2.11. The van der Waals surface area contributed by atoms with Gasteiger partial charge in [0, 0.05) is 12.7 Å². The molecule has 0 aliphatic heterocycles. The molecule has 92 valence electrons. The van der Waals surface area contributed by atoms with Crippen molar-refractivity contribution in [1.29, 1.82) is 5.26 Å². The molecule has 1 heterocycles. The summed E-state index contributed by atoms with van der Waals surface area (Å²) in [5.41, 5.74) is 1.34. The Kier molecular flexibility index (Phi) is 6.81. The van der Waals surface area contributed by atoms with Crippen molar-refractivity contribution in [3.05, 3.63) is 24.0 Å². The second-order valence-electron chi connectivity index (χ2n) is 4.21. The highest BCUT2D eigenvalue weighted by Gasteiger charge is 2.00. The van der Waals surface area contributed by atoms with Crippen LogP contribution in [0.15, 0.2) is 18.3 Å². The van der Waals surface area contributed by atoms with Crippen LogP contribution in [0.3, 0.4) is 0 Å². The average molecular weight is 231 g/mol. The first-order chi connectivity index (χ1) is 8.38. The van der Waals surface area contributed by atoms with Gasteiger partial charge in [0.25, 0.3) is 0 Å². The Morgan fingerprint density at radius 1 is 1.24 bits per heavy atom. The molecule has 17 heavy (non-hydrogen) atoms. The molecular weight excluding hydrogens is 210 g/mol.